The van der Waals surface area contributed by atoms with Crippen LogP contribution in [0.1, 0.15) is 37.4 Å². The zero-order chi connectivity index (χ0) is 16.4. The lowest BCUT2D eigenvalue weighted by atomic mass is 9.92. The van der Waals surface area contributed by atoms with Gasteiger partial charge < -0.3 is 10.1 Å². The van der Waals surface area contributed by atoms with Crippen molar-refractivity contribution in [2.24, 2.45) is 11.8 Å². The number of benzene rings is 1. The third-order valence-corrected chi connectivity index (χ3v) is 5.13. The van der Waals surface area contributed by atoms with Crippen LogP contribution in [-0.2, 0) is 4.74 Å². The monoisotopic (exact) mass is 422 g/mol. The van der Waals surface area contributed by atoms with Gasteiger partial charge in [-0.3, -0.25) is 4.98 Å². The summed E-state index contributed by atoms with van der Waals surface area (Å²) in [6.45, 7) is 5.65. The molecule has 4 heteroatoms. The number of halogens is 1. The zero-order valence-corrected chi connectivity index (χ0v) is 15.9. The minimum absolute atomic E-state index is 0.151. The molecule has 3 rings (SSSR count). The smallest absolute Gasteiger partial charge is 0.0722 e. The van der Waals surface area contributed by atoms with Gasteiger partial charge in [0.05, 0.1) is 12.1 Å². The van der Waals surface area contributed by atoms with E-state index in [2.05, 4.69) is 52.7 Å². The lowest BCUT2D eigenvalue weighted by molar-refractivity contribution is 0.107. The zero-order valence-electron chi connectivity index (χ0n) is 13.7. The van der Waals surface area contributed by atoms with Gasteiger partial charge in [-0.25, -0.2) is 0 Å². The largest absolute Gasteiger partial charge is 0.380 e. The highest BCUT2D eigenvalue weighted by Gasteiger charge is 2.23. The number of hydrogen-bond acceptors (Lipinski definition) is 3. The Labute approximate surface area is 151 Å². The topological polar surface area (TPSA) is 46.0 Å². The van der Waals surface area contributed by atoms with E-state index < -0.39 is 0 Å². The van der Waals surface area contributed by atoms with Gasteiger partial charge in [0.15, 0.2) is 0 Å². The highest BCUT2D eigenvalue weighted by molar-refractivity contribution is 14.1. The minimum atomic E-state index is 0.151. The van der Waals surface area contributed by atoms with E-state index in [1.807, 2.05) is 13.0 Å². The summed E-state index contributed by atoms with van der Waals surface area (Å²) in [7, 11) is 0. The summed E-state index contributed by atoms with van der Waals surface area (Å²) in [5.41, 5.74) is 3.63. The molecule has 1 fully saturated rings. The Morgan fingerprint density at radius 2 is 2.17 bits per heavy atom. The van der Waals surface area contributed by atoms with Crippen molar-refractivity contribution < 1.29 is 4.74 Å². The predicted molar refractivity (Wildman–Crippen MR) is 103 cm³/mol. The summed E-state index contributed by atoms with van der Waals surface area (Å²) >= 11 is 2.31. The van der Waals surface area contributed by atoms with Crippen LogP contribution in [-0.4, -0.2) is 23.9 Å². The van der Waals surface area contributed by atoms with Gasteiger partial charge in [-0.15, -0.1) is 0 Å². The van der Waals surface area contributed by atoms with Crippen LogP contribution in [0.5, 0.6) is 0 Å². The number of nitrogens with one attached hydrogen (secondary N) is 1. The molecule has 1 saturated carbocycles. The van der Waals surface area contributed by atoms with Crippen molar-refractivity contribution in [3.63, 3.8) is 0 Å². The molecule has 1 aliphatic rings. The first-order chi connectivity index (χ1) is 11.1. The minimum Gasteiger partial charge on any atom is -0.380 e. The summed E-state index contributed by atoms with van der Waals surface area (Å²) in [5, 5.41) is 9.78. The molecule has 1 N–H and O–H groups in total. The highest BCUT2D eigenvalue weighted by Crippen LogP contribution is 2.29. The number of nitrogens with zero attached hydrogens (tertiary/aromatic N) is 1. The third kappa shape index (κ3) is 4.10. The molecule has 0 aliphatic heterocycles. The second-order valence-corrected chi connectivity index (χ2v) is 7.72. The fourth-order valence-electron chi connectivity index (χ4n) is 2.84. The van der Waals surface area contributed by atoms with E-state index >= 15 is 0 Å². The number of pyridine rings is 1. The van der Waals surface area contributed by atoms with Gasteiger partial charge in [-0.1, -0.05) is 13.0 Å². The summed E-state index contributed by atoms with van der Waals surface area (Å²) < 4.78 is 7.03. The molecule has 122 valence electrons. The maximum atomic E-state index is 8.71. The van der Waals surface area contributed by atoms with E-state index in [0.717, 1.165) is 41.1 Å². The number of aromatic nitrogens is 1. The molecule has 0 radical (unpaired) electrons. The van der Waals surface area contributed by atoms with Crippen molar-refractivity contribution in [3.8, 4) is 0 Å². The number of rotatable bonds is 7. The molecular weight excluding hydrogens is 399 g/mol. The fraction of sp³-hybridized carbons (Fsp3) is 0.474. The lowest BCUT2D eigenvalue weighted by Gasteiger charge is -2.18. The molecule has 1 aromatic carbocycles. The van der Waals surface area contributed by atoms with E-state index in [1.54, 1.807) is 0 Å². The van der Waals surface area contributed by atoms with Gasteiger partial charge in [0, 0.05) is 38.5 Å². The summed E-state index contributed by atoms with van der Waals surface area (Å²) in [4.78, 5) is 4.63. The molecule has 0 amide bonds. The molecule has 0 saturated heterocycles. The number of fused-ring (bicyclic) bond motifs is 1. The first-order valence-corrected chi connectivity index (χ1v) is 9.39. The van der Waals surface area contributed by atoms with Gasteiger partial charge in [-0.05, 0) is 72.9 Å². The van der Waals surface area contributed by atoms with Crippen molar-refractivity contribution >= 4 is 39.2 Å². The first-order valence-electron chi connectivity index (χ1n) is 8.32. The van der Waals surface area contributed by atoms with Gasteiger partial charge in [0.2, 0.25) is 0 Å². The Morgan fingerprint density at radius 3 is 2.87 bits per heavy atom. The standard InChI is InChI=1S/C19H23IN2O/c1-3-14(11-23-10-13-4-5-13)19(21)17-8-12(2)22-18-9-15(20)6-7-16(17)18/h6-9,13-14,21H,3-5,10-11H2,1-2H3/t14-/m1/s1. The SMILES string of the molecule is CC[C@H](COCC1CC1)C(=N)c1cc(C)nc2cc(I)ccc12. The Kier molecular flexibility index (Phi) is 5.31. The molecule has 0 bridgehead atoms. The quantitative estimate of drug-likeness (QED) is 0.506. The van der Waals surface area contributed by atoms with Crippen LogP contribution in [0.25, 0.3) is 10.9 Å². The molecule has 23 heavy (non-hydrogen) atoms. The normalized spacial score (nSPS) is 15.8. The summed E-state index contributed by atoms with van der Waals surface area (Å²) in [6, 6.07) is 8.30. The van der Waals surface area contributed by atoms with E-state index in [9.17, 15) is 0 Å². The van der Waals surface area contributed by atoms with Crippen molar-refractivity contribution in [3.05, 3.63) is 39.1 Å². The average Bonchev–Trinajstić information content (AvgIpc) is 3.34. The first kappa shape index (κ1) is 16.8. The summed E-state index contributed by atoms with van der Waals surface area (Å²) in [6.07, 6.45) is 3.54. The van der Waals surface area contributed by atoms with Gasteiger partial charge in [-0.2, -0.15) is 0 Å². The van der Waals surface area contributed by atoms with Crippen LogP contribution in [0.2, 0.25) is 0 Å². The van der Waals surface area contributed by atoms with Crippen molar-refractivity contribution in [2.45, 2.75) is 33.1 Å². The van der Waals surface area contributed by atoms with Gasteiger partial charge in [0.1, 0.15) is 0 Å². The Bertz CT molecular complexity index is 719. The molecule has 1 atom stereocenters. The number of ether oxygens (including phenoxy) is 1. The van der Waals surface area contributed by atoms with E-state index in [-0.39, 0.29) is 5.92 Å². The van der Waals surface area contributed by atoms with Crippen LogP contribution < -0.4 is 0 Å². The van der Waals surface area contributed by atoms with E-state index in [4.69, 9.17) is 10.1 Å². The van der Waals surface area contributed by atoms with Crippen LogP contribution in [0.4, 0.5) is 0 Å². The third-order valence-electron chi connectivity index (χ3n) is 4.46. The molecular formula is C19H23IN2O. The number of aryl methyl sites for hydroxylation is 1. The Balaban J connectivity index is 1.85. The van der Waals surface area contributed by atoms with Crippen LogP contribution in [0, 0.1) is 27.7 Å². The second-order valence-electron chi connectivity index (χ2n) is 6.47. The van der Waals surface area contributed by atoms with E-state index in [1.165, 1.54) is 16.4 Å². The van der Waals surface area contributed by atoms with Crippen LogP contribution in [0.3, 0.4) is 0 Å². The number of hydrogen-bond donors (Lipinski definition) is 1. The van der Waals surface area contributed by atoms with E-state index in [0.29, 0.717) is 12.3 Å². The summed E-state index contributed by atoms with van der Waals surface area (Å²) in [5.74, 6) is 0.922. The molecule has 2 aromatic rings. The highest BCUT2D eigenvalue weighted by atomic mass is 127. The molecule has 1 aromatic heterocycles. The molecule has 0 spiro atoms. The molecule has 0 unspecified atom stereocenters. The predicted octanol–water partition coefficient (Wildman–Crippen LogP) is 4.97. The maximum absolute atomic E-state index is 8.71. The van der Waals surface area contributed by atoms with Gasteiger partial charge in [0.25, 0.3) is 0 Å². The Morgan fingerprint density at radius 1 is 1.39 bits per heavy atom. The molecule has 3 nitrogen and oxygen atoms in total. The lowest BCUT2D eigenvalue weighted by Crippen LogP contribution is -2.21. The molecule has 1 aliphatic carbocycles. The van der Waals surface area contributed by atoms with Gasteiger partial charge >= 0.3 is 0 Å². The van der Waals surface area contributed by atoms with Crippen molar-refractivity contribution in [2.75, 3.05) is 13.2 Å². The maximum Gasteiger partial charge on any atom is 0.0722 e. The fourth-order valence-corrected chi connectivity index (χ4v) is 3.32. The van der Waals surface area contributed by atoms with Crippen LogP contribution >= 0.6 is 22.6 Å². The van der Waals surface area contributed by atoms with Crippen molar-refractivity contribution in [1.29, 1.82) is 5.41 Å². The Hall–Kier alpha value is -1.01. The van der Waals surface area contributed by atoms with Crippen molar-refractivity contribution in [1.82, 2.24) is 4.98 Å². The average molecular weight is 422 g/mol. The molecule has 1 heterocycles. The second kappa shape index (κ2) is 7.26. The van der Waals surface area contributed by atoms with Crippen LogP contribution in [0.15, 0.2) is 24.3 Å².